The largest absolute Gasteiger partial charge is 0.491 e. The van der Waals surface area contributed by atoms with E-state index in [-0.39, 0.29) is 6.10 Å². The Hall–Kier alpha value is -1.49. The maximum absolute atomic E-state index is 8.47. The normalized spacial score (nSPS) is 10.2. The van der Waals surface area contributed by atoms with Crippen LogP contribution >= 0.6 is 0 Å². The Balaban J connectivity index is 2.64. The van der Waals surface area contributed by atoms with Gasteiger partial charge in [0.2, 0.25) is 0 Å². The smallest absolute Gasteiger partial charge is 0.122 e. The van der Waals surface area contributed by atoms with Crippen molar-refractivity contribution in [1.82, 2.24) is 0 Å². The summed E-state index contributed by atoms with van der Waals surface area (Å²) in [6, 6.07) is 8.42. The lowest BCUT2D eigenvalue weighted by atomic mass is 10.1. The minimum Gasteiger partial charge on any atom is -0.491 e. The van der Waals surface area contributed by atoms with E-state index >= 15 is 0 Å². The van der Waals surface area contributed by atoms with Crippen LogP contribution in [0.25, 0.3) is 0 Å². The first-order valence-corrected chi connectivity index (χ1v) is 5.76. The zero-order valence-corrected chi connectivity index (χ0v) is 10.3. The molecule has 0 bridgehead atoms. The number of nitriles is 1. The van der Waals surface area contributed by atoms with Crippen LogP contribution < -0.4 is 4.74 Å². The molecular weight excluding hydrogens is 198 g/mol. The van der Waals surface area contributed by atoms with Gasteiger partial charge in [0.05, 0.1) is 12.2 Å². The summed E-state index contributed by atoms with van der Waals surface area (Å²) >= 11 is 0. The minimum absolute atomic E-state index is 0.211. The summed E-state index contributed by atoms with van der Waals surface area (Å²) in [5.74, 6) is 0.957. The highest BCUT2D eigenvalue weighted by Gasteiger charge is 2.03. The maximum Gasteiger partial charge on any atom is 0.122 e. The van der Waals surface area contributed by atoms with Gasteiger partial charge < -0.3 is 4.74 Å². The van der Waals surface area contributed by atoms with Crippen LogP contribution in [0.15, 0.2) is 18.2 Å². The summed E-state index contributed by atoms with van der Waals surface area (Å²) < 4.78 is 5.67. The number of hydrogen-bond donors (Lipinski definition) is 0. The third-order valence-corrected chi connectivity index (χ3v) is 2.36. The van der Waals surface area contributed by atoms with Crippen molar-refractivity contribution in [3.8, 4) is 11.8 Å². The van der Waals surface area contributed by atoms with Crippen molar-refractivity contribution >= 4 is 0 Å². The second-order valence-electron chi connectivity index (χ2n) is 4.28. The quantitative estimate of drug-likeness (QED) is 0.705. The number of ether oxygens (including phenoxy) is 1. The van der Waals surface area contributed by atoms with Gasteiger partial charge in [-0.25, -0.2) is 0 Å². The van der Waals surface area contributed by atoms with Gasteiger partial charge in [-0.2, -0.15) is 5.26 Å². The predicted molar refractivity (Wildman–Crippen MR) is 65.5 cm³/mol. The Labute approximate surface area is 97.9 Å². The molecule has 0 aromatic heterocycles. The summed E-state index contributed by atoms with van der Waals surface area (Å²) in [6.07, 6.45) is 2.74. The molecule has 0 fully saturated rings. The van der Waals surface area contributed by atoms with Crippen molar-refractivity contribution in [2.45, 2.75) is 46.1 Å². The number of nitrogens with zero attached hydrogens (tertiary/aromatic N) is 1. The minimum atomic E-state index is 0.211. The molecule has 1 aromatic rings. The molecule has 0 aliphatic carbocycles. The molecule has 1 rings (SSSR count). The SMILES string of the molecule is Cc1cc(CCCC#N)ccc1OC(C)C. The molecule has 0 N–H and O–H groups in total. The van der Waals surface area contributed by atoms with E-state index in [0.717, 1.165) is 18.6 Å². The molecule has 0 saturated carbocycles. The summed E-state index contributed by atoms with van der Waals surface area (Å²) in [6.45, 7) is 6.12. The van der Waals surface area contributed by atoms with Crippen LogP contribution in [0.2, 0.25) is 0 Å². The van der Waals surface area contributed by atoms with Crippen LogP contribution in [-0.2, 0) is 6.42 Å². The van der Waals surface area contributed by atoms with Crippen molar-refractivity contribution in [3.63, 3.8) is 0 Å². The highest BCUT2D eigenvalue weighted by Crippen LogP contribution is 2.21. The van der Waals surface area contributed by atoms with E-state index in [1.165, 1.54) is 11.1 Å². The molecule has 2 heteroatoms. The van der Waals surface area contributed by atoms with E-state index in [4.69, 9.17) is 10.00 Å². The van der Waals surface area contributed by atoms with Gasteiger partial charge in [-0.3, -0.25) is 0 Å². The highest BCUT2D eigenvalue weighted by atomic mass is 16.5. The van der Waals surface area contributed by atoms with E-state index < -0.39 is 0 Å². The van der Waals surface area contributed by atoms with Gasteiger partial charge >= 0.3 is 0 Å². The molecule has 0 radical (unpaired) electrons. The van der Waals surface area contributed by atoms with Gasteiger partial charge in [0.15, 0.2) is 0 Å². The van der Waals surface area contributed by atoms with Gasteiger partial charge in [-0.05, 0) is 50.8 Å². The molecule has 0 saturated heterocycles. The van der Waals surface area contributed by atoms with E-state index in [1.54, 1.807) is 0 Å². The summed E-state index contributed by atoms with van der Waals surface area (Å²) in [5, 5.41) is 8.47. The van der Waals surface area contributed by atoms with Crippen LogP contribution in [0.4, 0.5) is 0 Å². The van der Waals surface area contributed by atoms with Gasteiger partial charge in [-0.1, -0.05) is 12.1 Å². The van der Waals surface area contributed by atoms with Crippen LogP contribution in [0, 0.1) is 18.3 Å². The topological polar surface area (TPSA) is 33.0 Å². The molecule has 0 aliphatic rings. The average Bonchev–Trinajstić information content (AvgIpc) is 2.22. The fourth-order valence-electron chi connectivity index (χ4n) is 1.62. The molecule has 86 valence electrons. The number of rotatable bonds is 5. The van der Waals surface area contributed by atoms with Gasteiger partial charge in [0, 0.05) is 6.42 Å². The zero-order valence-electron chi connectivity index (χ0n) is 10.3. The Morgan fingerprint density at radius 2 is 2.12 bits per heavy atom. The monoisotopic (exact) mass is 217 g/mol. The van der Waals surface area contributed by atoms with Crippen molar-refractivity contribution in [3.05, 3.63) is 29.3 Å². The Morgan fingerprint density at radius 1 is 1.38 bits per heavy atom. The Bertz CT molecular complexity index is 377. The van der Waals surface area contributed by atoms with Gasteiger partial charge in [-0.15, -0.1) is 0 Å². The lowest BCUT2D eigenvalue weighted by molar-refractivity contribution is 0.240. The van der Waals surface area contributed by atoms with Gasteiger partial charge in [0.25, 0.3) is 0 Å². The second kappa shape index (κ2) is 6.17. The zero-order chi connectivity index (χ0) is 12.0. The molecule has 0 aliphatic heterocycles. The fraction of sp³-hybridized carbons (Fsp3) is 0.500. The predicted octanol–water partition coefficient (Wildman–Crippen LogP) is 3.63. The molecule has 1 aromatic carbocycles. The first-order valence-electron chi connectivity index (χ1n) is 5.76. The van der Waals surface area contributed by atoms with E-state index in [0.29, 0.717) is 6.42 Å². The summed E-state index contributed by atoms with van der Waals surface area (Å²) in [4.78, 5) is 0. The molecule has 16 heavy (non-hydrogen) atoms. The number of aryl methyl sites for hydroxylation is 2. The summed E-state index contributed by atoms with van der Waals surface area (Å²) in [5.41, 5.74) is 2.45. The van der Waals surface area contributed by atoms with Crippen molar-refractivity contribution < 1.29 is 4.74 Å². The first-order chi connectivity index (χ1) is 7.63. The molecule has 0 amide bonds. The average molecular weight is 217 g/mol. The molecule has 0 atom stereocenters. The van der Waals surface area contributed by atoms with Crippen LogP contribution in [0.5, 0.6) is 5.75 Å². The molecular formula is C14H19NO. The molecule has 0 unspecified atom stereocenters. The van der Waals surface area contributed by atoms with Crippen molar-refractivity contribution in [2.24, 2.45) is 0 Å². The first kappa shape index (κ1) is 12.6. The second-order valence-corrected chi connectivity index (χ2v) is 4.28. The third-order valence-electron chi connectivity index (χ3n) is 2.36. The number of hydrogen-bond acceptors (Lipinski definition) is 2. The maximum atomic E-state index is 8.47. The van der Waals surface area contributed by atoms with Crippen molar-refractivity contribution in [1.29, 1.82) is 5.26 Å². The Morgan fingerprint density at radius 3 is 2.69 bits per heavy atom. The fourth-order valence-corrected chi connectivity index (χ4v) is 1.62. The standard InChI is InChI=1S/C14H19NO/c1-11(2)16-14-8-7-13(10-12(14)3)6-4-5-9-15/h7-8,10-11H,4-6H2,1-3H3. The van der Waals surface area contributed by atoms with Crippen molar-refractivity contribution in [2.75, 3.05) is 0 Å². The lowest BCUT2D eigenvalue weighted by Crippen LogP contribution is -2.06. The van der Waals surface area contributed by atoms with Gasteiger partial charge in [0.1, 0.15) is 5.75 Å². The van der Waals surface area contributed by atoms with E-state index in [2.05, 4.69) is 25.1 Å². The molecule has 0 spiro atoms. The third kappa shape index (κ3) is 3.94. The lowest BCUT2D eigenvalue weighted by Gasteiger charge is -2.13. The van der Waals surface area contributed by atoms with Crippen LogP contribution in [0.3, 0.4) is 0 Å². The highest BCUT2D eigenvalue weighted by molar-refractivity contribution is 5.36. The number of benzene rings is 1. The summed E-state index contributed by atoms with van der Waals surface area (Å²) in [7, 11) is 0. The van der Waals surface area contributed by atoms with E-state index in [9.17, 15) is 0 Å². The molecule has 0 heterocycles. The number of unbranched alkanes of at least 4 members (excludes halogenated alkanes) is 1. The molecule has 2 nitrogen and oxygen atoms in total. The van der Waals surface area contributed by atoms with Crippen LogP contribution in [-0.4, -0.2) is 6.10 Å². The van der Waals surface area contributed by atoms with Crippen LogP contribution in [0.1, 0.15) is 37.8 Å². The Kier molecular flexibility index (Phi) is 4.85. The van der Waals surface area contributed by atoms with E-state index in [1.807, 2.05) is 19.9 Å².